The first-order valence-corrected chi connectivity index (χ1v) is 10.2. The van der Waals surface area contributed by atoms with E-state index in [2.05, 4.69) is 14.8 Å². The van der Waals surface area contributed by atoms with Crippen molar-refractivity contribution in [3.8, 4) is 0 Å². The lowest BCUT2D eigenvalue weighted by molar-refractivity contribution is 0.0761. The number of amides is 1. The van der Waals surface area contributed by atoms with Crippen LogP contribution in [-0.4, -0.2) is 55.1 Å². The van der Waals surface area contributed by atoms with Gasteiger partial charge in [0.05, 0.1) is 5.56 Å². The zero-order valence-electron chi connectivity index (χ0n) is 16.2. The Labute approximate surface area is 165 Å². The molecule has 28 heavy (non-hydrogen) atoms. The third-order valence-electron chi connectivity index (χ3n) is 5.68. The van der Waals surface area contributed by atoms with E-state index in [1.807, 2.05) is 29.2 Å². The SMILES string of the molecule is O=C(c1ccc(N2CCN(c3ccc(F)cc3)CC2)nc1)N1CCCCCC1. The molecule has 0 radical (unpaired) electrons. The quantitative estimate of drug-likeness (QED) is 0.814. The third kappa shape index (κ3) is 4.26. The van der Waals surface area contributed by atoms with E-state index in [1.54, 1.807) is 6.20 Å². The molecular weight excluding hydrogens is 355 g/mol. The van der Waals surface area contributed by atoms with Crippen molar-refractivity contribution in [2.75, 3.05) is 49.1 Å². The fourth-order valence-corrected chi connectivity index (χ4v) is 4.00. The Kier molecular flexibility index (Phi) is 5.74. The van der Waals surface area contributed by atoms with Crippen LogP contribution in [0.4, 0.5) is 15.9 Å². The number of pyridine rings is 1. The lowest BCUT2D eigenvalue weighted by Crippen LogP contribution is -2.46. The fourth-order valence-electron chi connectivity index (χ4n) is 4.00. The number of carbonyl (C=O) groups excluding carboxylic acids is 1. The lowest BCUT2D eigenvalue weighted by atomic mass is 10.2. The molecule has 2 aliphatic rings. The molecule has 0 atom stereocenters. The van der Waals surface area contributed by atoms with Gasteiger partial charge in [0.25, 0.3) is 5.91 Å². The van der Waals surface area contributed by atoms with Crippen molar-refractivity contribution in [1.82, 2.24) is 9.88 Å². The Balaban J connectivity index is 1.35. The molecule has 3 heterocycles. The summed E-state index contributed by atoms with van der Waals surface area (Å²) in [6.45, 7) is 5.13. The molecule has 1 amide bonds. The normalized spacial score (nSPS) is 18.1. The van der Waals surface area contributed by atoms with Gasteiger partial charge in [-0.25, -0.2) is 9.37 Å². The molecule has 5 nitrogen and oxygen atoms in total. The molecule has 0 N–H and O–H groups in total. The number of piperazine rings is 1. The molecule has 4 rings (SSSR count). The summed E-state index contributed by atoms with van der Waals surface area (Å²) in [6, 6.07) is 10.5. The molecule has 2 fully saturated rings. The van der Waals surface area contributed by atoms with Crippen LogP contribution in [0.3, 0.4) is 0 Å². The molecule has 148 valence electrons. The molecule has 2 aliphatic heterocycles. The van der Waals surface area contributed by atoms with Crippen LogP contribution in [0, 0.1) is 5.82 Å². The summed E-state index contributed by atoms with van der Waals surface area (Å²) in [7, 11) is 0. The van der Waals surface area contributed by atoms with Crippen molar-refractivity contribution in [2.24, 2.45) is 0 Å². The predicted molar refractivity (Wildman–Crippen MR) is 109 cm³/mol. The second-order valence-electron chi connectivity index (χ2n) is 7.56. The van der Waals surface area contributed by atoms with Crippen molar-refractivity contribution >= 4 is 17.4 Å². The first kappa shape index (κ1) is 18.7. The highest BCUT2D eigenvalue weighted by atomic mass is 19.1. The van der Waals surface area contributed by atoms with Crippen molar-refractivity contribution in [1.29, 1.82) is 0 Å². The van der Waals surface area contributed by atoms with Gasteiger partial charge in [-0.1, -0.05) is 12.8 Å². The third-order valence-corrected chi connectivity index (χ3v) is 5.68. The molecule has 1 aromatic heterocycles. The van der Waals surface area contributed by atoms with E-state index in [0.29, 0.717) is 5.56 Å². The van der Waals surface area contributed by atoms with Crippen molar-refractivity contribution in [2.45, 2.75) is 25.7 Å². The maximum Gasteiger partial charge on any atom is 0.255 e. The van der Waals surface area contributed by atoms with Crippen LogP contribution in [0.1, 0.15) is 36.0 Å². The summed E-state index contributed by atoms with van der Waals surface area (Å²) in [5, 5.41) is 0. The second-order valence-corrected chi connectivity index (χ2v) is 7.56. The minimum Gasteiger partial charge on any atom is -0.368 e. The van der Waals surface area contributed by atoms with Gasteiger partial charge >= 0.3 is 0 Å². The van der Waals surface area contributed by atoms with Gasteiger partial charge in [0.15, 0.2) is 0 Å². The Bertz CT molecular complexity index is 777. The minimum absolute atomic E-state index is 0.0991. The average Bonchev–Trinajstić information content (AvgIpc) is 3.04. The van der Waals surface area contributed by atoms with E-state index in [9.17, 15) is 9.18 Å². The maximum atomic E-state index is 13.1. The molecule has 0 saturated carbocycles. The number of aromatic nitrogens is 1. The summed E-state index contributed by atoms with van der Waals surface area (Å²) in [4.78, 5) is 23.7. The van der Waals surface area contributed by atoms with Crippen LogP contribution in [0.15, 0.2) is 42.6 Å². The Morgan fingerprint density at radius 3 is 2.04 bits per heavy atom. The highest BCUT2D eigenvalue weighted by Gasteiger charge is 2.20. The van der Waals surface area contributed by atoms with Crippen LogP contribution in [-0.2, 0) is 0 Å². The molecule has 2 saturated heterocycles. The smallest absolute Gasteiger partial charge is 0.255 e. The van der Waals surface area contributed by atoms with Gasteiger partial charge in [-0.15, -0.1) is 0 Å². The van der Waals surface area contributed by atoms with Crippen LogP contribution in [0.25, 0.3) is 0 Å². The van der Waals surface area contributed by atoms with E-state index in [1.165, 1.54) is 25.0 Å². The zero-order chi connectivity index (χ0) is 19.3. The highest BCUT2D eigenvalue weighted by Crippen LogP contribution is 2.20. The van der Waals surface area contributed by atoms with Crippen LogP contribution in [0.5, 0.6) is 0 Å². The Hall–Kier alpha value is -2.63. The fraction of sp³-hybridized carbons (Fsp3) is 0.455. The number of rotatable bonds is 3. The van der Waals surface area contributed by atoms with E-state index in [0.717, 1.165) is 63.6 Å². The summed E-state index contributed by atoms with van der Waals surface area (Å²) >= 11 is 0. The van der Waals surface area contributed by atoms with Crippen LogP contribution < -0.4 is 9.80 Å². The topological polar surface area (TPSA) is 39.7 Å². The highest BCUT2D eigenvalue weighted by molar-refractivity contribution is 5.94. The van der Waals surface area contributed by atoms with Gasteiger partial charge in [0.1, 0.15) is 11.6 Å². The first-order valence-electron chi connectivity index (χ1n) is 10.2. The number of nitrogens with zero attached hydrogens (tertiary/aromatic N) is 4. The van der Waals surface area contributed by atoms with Crippen molar-refractivity contribution < 1.29 is 9.18 Å². The number of likely N-dealkylation sites (tertiary alicyclic amines) is 1. The Morgan fingerprint density at radius 2 is 1.43 bits per heavy atom. The summed E-state index contributed by atoms with van der Waals surface area (Å²) in [5.41, 5.74) is 1.73. The number of halogens is 1. The predicted octanol–water partition coefficient (Wildman–Crippen LogP) is 3.56. The summed E-state index contributed by atoms with van der Waals surface area (Å²) in [6.07, 6.45) is 6.33. The van der Waals surface area contributed by atoms with E-state index < -0.39 is 0 Å². The van der Waals surface area contributed by atoms with Crippen LogP contribution >= 0.6 is 0 Å². The minimum atomic E-state index is -0.207. The molecular formula is C22H27FN4O. The van der Waals surface area contributed by atoms with Gasteiger partial charge in [-0.2, -0.15) is 0 Å². The molecule has 1 aromatic carbocycles. The average molecular weight is 382 g/mol. The van der Waals surface area contributed by atoms with E-state index >= 15 is 0 Å². The first-order chi connectivity index (χ1) is 13.7. The number of hydrogen-bond donors (Lipinski definition) is 0. The number of anilines is 2. The number of hydrogen-bond acceptors (Lipinski definition) is 4. The molecule has 2 aromatic rings. The van der Waals surface area contributed by atoms with Gasteiger partial charge in [-0.3, -0.25) is 4.79 Å². The van der Waals surface area contributed by atoms with Gasteiger partial charge in [0.2, 0.25) is 0 Å². The summed E-state index contributed by atoms with van der Waals surface area (Å²) < 4.78 is 13.1. The largest absolute Gasteiger partial charge is 0.368 e. The molecule has 0 aliphatic carbocycles. The van der Waals surface area contributed by atoms with Gasteiger partial charge in [-0.05, 0) is 49.2 Å². The standard InChI is InChI=1S/C22H27FN4O/c23-19-6-8-20(9-7-19)25-13-15-26(16-14-25)21-10-5-18(17-24-21)22(28)27-11-3-1-2-4-12-27/h5-10,17H,1-4,11-16H2. The van der Waals surface area contributed by atoms with E-state index in [-0.39, 0.29) is 11.7 Å². The lowest BCUT2D eigenvalue weighted by Gasteiger charge is -2.36. The monoisotopic (exact) mass is 382 g/mol. The van der Waals surface area contributed by atoms with Crippen molar-refractivity contribution in [3.05, 3.63) is 54.0 Å². The number of carbonyl (C=O) groups is 1. The maximum absolute atomic E-state index is 13.1. The molecule has 6 heteroatoms. The van der Waals surface area contributed by atoms with Gasteiger partial charge in [0, 0.05) is 51.2 Å². The van der Waals surface area contributed by atoms with E-state index in [4.69, 9.17) is 0 Å². The Morgan fingerprint density at radius 1 is 0.786 bits per heavy atom. The number of benzene rings is 1. The van der Waals surface area contributed by atoms with Gasteiger partial charge < -0.3 is 14.7 Å². The second kappa shape index (κ2) is 8.59. The molecule has 0 spiro atoms. The van der Waals surface area contributed by atoms with Crippen molar-refractivity contribution in [3.63, 3.8) is 0 Å². The zero-order valence-corrected chi connectivity index (χ0v) is 16.2. The molecule has 0 bridgehead atoms. The summed E-state index contributed by atoms with van der Waals surface area (Å²) in [5.74, 6) is 0.801. The van der Waals surface area contributed by atoms with Crippen LogP contribution in [0.2, 0.25) is 0 Å². The molecule has 0 unspecified atom stereocenters.